The lowest BCUT2D eigenvalue weighted by Crippen LogP contribution is -2.39. The van der Waals surface area contributed by atoms with Crippen LogP contribution in [-0.2, 0) is 21.7 Å². The normalized spacial score (nSPS) is 14.2. The Balaban J connectivity index is 1.35. The molecule has 0 spiro atoms. The molecule has 0 fully saturated rings. The highest BCUT2D eigenvalue weighted by Gasteiger charge is 2.39. The van der Waals surface area contributed by atoms with Gasteiger partial charge in [-0.3, -0.25) is 19.0 Å². The molecule has 6 rings (SSSR count). The Morgan fingerprint density at radius 1 is 0.870 bits per heavy atom. The summed E-state index contributed by atoms with van der Waals surface area (Å²) < 4.78 is 2.15. The molecule has 0 saturated heterocycles. The van der Waals surface area contributed by atoms with Crippen molar-refractivity contribution in [2.45, 2.75) is 25.4 Å². The van der Waals surface area contributed by atoms with Gasteiger partial charge in [-0.1, -0.05) is 97.1 Å². The van der Waals surface area contributed by atoms with Gasteiger partial charge in [-0.05, 0) is 41.3 Å². The molecule has 1 aliphatic heterocycles. The number of hydrogen-bond donors (Lipinski definition) is 3. The number of hydrogen-bond acceptors (Lipinski definition) is 6. The van der Waals surface area contributed by atoms with Gasteiger partial charge in [0.25, 0.3) is 5.91 Å². The molecular formula is C37H33N5O4. The molecule has 2 heterocycles. The Labute approximate surface area is 266 Å². The number of nitrogens with zero attached hydrogens (tertiary/aromatic N) is 3. The number of amides is 1. The van der Waals surface area contributed by atoms with Crippen LogP contribution in [0, 0.1) is 5.92 Å². The van der Waals surface area contributed by atoms with Crippen molar-refractivity contribution in [2.75, 3.05) is 11.9 Å². The summed E-state index contributed by atoms with van der Waals surface area (Å²) in [5.41, 5.74) is 4.22. The first-order chi connectivity index (χ1) is 22.4. The highest BCUT2D eigenvalue weighted by atomic mass is 16.4. The smallest absolute Gasteiger partial charge is 0.305 e. The number of aliphatic imine (C=N–C) groups is 1. The number of nitrogens with one attached hydrogen (secondary N) is 2. The Bertz CT molecular complexity index is 1810. The molecule has 0 saturated carbocycles. The molecule has 1 amide bonds. The number of aliphatic carboxylic acids is 1. The van der Waals surface area contributed by atoms with E-state index in [1.165, 1.54) is 0 Å². The summed E-state index contributed by atoms with van der Waals surface area (Å²) in [7, 11) is 0. The molecule has 9 nitrogen and oxygen atoms in total. The molecular weight excluding hydrogens is 578 g/mol. The van der Waals surface area contributed by atoms with E-state index in [0.29, 0.717) is 23.7 Å². The van der Waals surface area contributed by atoms with E-state index in [4.69, 9.17) is 10.1 Å². The summed E-state index contributed by atoms with van der Waals surface area (Å²) in [6.45, 7) is 1.96. The van der Waals surface area contributed by atoms with Gasteiger partial charge in [0.1, 0.15) is 11.3 Å². The first kappa shape index (κ1) is 30.2. The van der Waals surface area contributed by atoms with Gasteiger partial charge in [-0.15, -0.1) is 0 Å². The van der Waals surface area contributed by atoms with Gasteiger partial charge in [0.2, 0.25) is 5.95 Å². The lowest BCUT2D eigenvalue weighted by atomic mass is 9.76. The van der Waals surface area contributed by atoms with Crippen LogP contribution in [0.4, 0.5) is 11.6 Å². The number of Topliss-reactive ketones (excluding diaryl/α,β-unsaturated/α-hetero) is 1. The van der Waals surface area contributed by atoms with Crippen molar-refractivity contribution in [3.8, 4) is 0 Å². The van der Waals surface area contributed by atoms with Crippen LogP contribution >= 0.6 is 0 Å². The molecule has 230 valence electrons. The van der Waals surface area contributed by atoms with Crippen molar-refractivity contribution in [1.29, 1.82) is 0 Å². The van der Waals surface area contributed by atoms with E-state index in [9.17, 15) is 14.4 Å². The van der Waals surface area contributed by atoms with Crippen LogP contribution in [0.15, 0.2) is 127 Å². The van der Waals surface area contributed by atoms with Gasteiger partial charge in [0.15, 0.2) is 5.78 Å². The van der Waals surface area contributed by atoms with E-state index in [1.807, 2.05) is 66.9 Å². The molecule has 3 N–H and O–H groups in total. The predicted octanol–water partition coefficient (Wildman–Crippen LogP) is 5.83. The van der Waals surface area contributed by atoms with Crippen molar-refractivity contribution >= 4 is 35.0 Å². The van der Waals surface area contributed by atoms with E-state index in [-0.39, 0.29) is 24.5 Å². The molecule has 0 unspecified atom stereocenters. The van der Waals surface area contributed by atoms with Crippen LogP contribution in [0.5, 0.6) is 0 Å². The predicted molar refractivity (Wildman–Crippen MR) is 176 cm³/mol. The first-order valence-electron chi connectivity index (χ1n) is 15.1. The molecule has 9 heteroatoms. The average molecular weight is 612 g/mol. The van der Waals surface area contributed by atoms with Gasteiger partial charge in [-0.25, -0.2) is 9.98 Å². The maximum Gasteiger partial charge on any atom is 0.305 e. The van der Waals surface area contributed by atoms with Crippen molar-refractivity contribution < 1.29 is 19.5 Å². The third-order valence-corrected chi connectivity index (χ3v) is 8.26. The van der Waals surface area contributed by atoms with Gasteiger partial charge in [0, 0.05) is 31.0 Å². The zero-order valence-corrected chi connectivity index (χ0v) is 25.3. The second kappa shape index (κ2) is 13.0. The van der Waals surface area contributed by atoms with E-state index in [0.717, 1.165) is 22.3 Å². The van der Waals surface area contributed by atoms with Crippen LogP contribution in [0.3, 0.4) is 0 Å². The second-order valence-electron chi connectivity index (χ2n) is 11.1. The molecule has 4 aromatic carbocycles. The fraction of sp³-hybridized carbons (Fsp3) is 0.162. The summed E-state index contributed by atoms with van der Waals surface area (Å²) in [6.07, 6.45) is 3.53. The monoisotopic (exact) mass is 611 g/mol. The highest BCUT2D eigenvalue weighted by molar-refractivity contribution is 6.45. The van der Waals surface area contributed by atoms with Crippen molar-refractivity contribution in [2.24, 2.45) is 10.9 Å². The van der Waals surface area contributed by atoms with Crippen molar-refractivity contribution in [3.05, 3.63) is 149 Å². The summed E-state index contributed by atoms with van der Waals surface area (Å²) >= 11 is 0. The molecule has 5 aromatic rings. The number of carboxylic acids is 1. The SMILES string of the molecule is C[C@@H]1C(=O)c2ccc(CNc3nccn3C(c3ccccc3)(c3ccccc3)c3ccccc3)cc2N=C1C(=O)NCCC(=O)O. The summed E-state index contributed by atoms with van der Waals surface area (Å²) in [4.78, 5) is 46.1. The molecule has 1 aromatic heterocycles. The second-order valence-corrected chi connectivity index (χ2v) is 11.1. The number of aromatic nitrogens is 2. The molecule has 1 atom stereocenters. The lowest BCUT2D eigenvalue weighted by Gasteiger charge is -2.38. The van der Waals surface area contributed by atoms with E-state index in [1.54, 1.807) is 25.3 Å². The average Bonchev–Trinajstić information content (AvgIpc) is 3.56. The Morgan fingerprint density at radius 2 is 1.46 bits per heavy atom. The maximum atomic E-state index is 13.1. The topological polar surface area (TPSA) is 126 Å². The Hall–Kier alpha value is -5.83. The first-order valence-corrected chi connectivity index (χ1v) is 15.1. The number of benzene rings is 4. The molecule has 1 aliphatic rings. The molecule has 46 heavy (non-hydrogen) atoms. The number of carbonyl (C=O) groups is 3. The van der Waals surface area contributed by atoms with Gasteiger partial charge in [-0.2, -0.15) is 0 Å². The largest absolute Gasteiger partial charge is 0.481 e. The third-order valence-electron chi connectivity index (χ3n) is 8.26. The molecule has 0 radical (unpaired) electrons. The number of ketones is 1. The maximum absolute atomic E-state index is 13.1. The Kier molecular flexibility index (Phi) is 8.56. The Morgan fingerprint density at radius 3 is 2.02 bits per heavy atom. The van der Waals surface area contributed by atoms with Crippen LogP contribution < -0.4 is 10.6 Å². The van der Waals surface area contributed by atoms with Crippen LogP contribution in [0.1, 0.15) is 46.0 Å². The summed E-state index contributed by atoms with van der Waals surface area (Å²) in [6, 6.07) is 36.4. The zero-order chi connectivity index (χ0) is 32.1. The minimum Gasteiger partial charge on any atom is -0.481 e. The minimum atomic E-state index is -1.02. The fourth-order valence-corrected chi connectivity index (χ4v) is 6.03. The quantitative estimate of drug-likeness (QED) is 0.161. The summed E-state index contributed by atoms with van der Waals surface area (Å²) in [5.74, 6) is -1.87. The number of carboxylic acid groups (broad SMARTS) is 1. The van der Waals surface area contributed by atoms with E-state index in [2.05, 4.69) is 56.6 Å². The lowest BCUT2D eigenvalue weighted by molar-refractivity contribution is -0.136. The molecule has 0 bridgehead atoms. The van der Waals surface area contributed by atoms with E-state index < -0.39 is 23.3 Å². The standard InChI is InChI=1S/C37H33N5O4/c1-25-33(35(46)38-20-19-32(43)44)41-31-23-26(17-18-30(31)34(25)45)24-40-36-39-21-22-42(36)37(27-11-5-2-6-12-27,28-13-7-3-8-14-28)29-15-9-4-10-16-29/h2-18,21-23,25H,19-20,24H2,1H3,(H,38,46)(H,39,40)(H,43,44)/t25-/m0/s1. The number of imidazole rings is 1. The number of carbonyl (C=O) groups excluding carboxylic acids is 2. The van der Waals surface area contributed by atoms with Crippen LogP contribution in [-0.4, -0.2) is 44.6 Å². The van der Waals surface area contributed by atoms with E-state index >= 15 is 0 Å². The number of rotatable bonds is 11. The van der Waals surface area contributed by atoms with Gasteiger partial charge >= 0.3 is 5.97 Å². The number of fused-ring (bicyclic) bond motifs is 1. The minimum absolute atomic E-state index is 0.0476. The van der Waals surface area contributed by atoms with Crippen molar-refractivity contribution in [1.82, 2.24) is 14.9 Å². The van der Waals surface area contributed by atoms with Crippen LogP contribution in [0.25, 0.3) is 0 Å². The van der Waals surface area contributed by atoms with Gasteiger partial charge < -0.3 is 15.7 Å². The number of anilines is 1. The third kappa shape index (κ3) is 5.70. The zero-order valence-electron chi connectivity index (χ0n) is 25.3. The van der Waals surface area contributed by atoms with Crippen LogP contribution in [0.2, 0.25) is 0 Å². The highest BCUT2D eigenvalue weighted by Crippen LogP contribution is 2.42. The van der Waals surface area contributed by atoms with Crippen molar-refractivity contribution in [3.63, 3.8) is 0 Å². The van der Waals surface area contributed by atoms with Gasteiger partial charge in [0.05, 0.1) is 18.0 Å². The fourth-order valence-electron chi connectivity index (χ4n) is 6.03. The summed E-state index contributed by atoms with van der Waals surface area (Å²) in [5, 5.41) is 15.0. The molecule has 0 aliphatic carbocycles.